The lowest BCUT2D eigenvalue weighted by Crippen LogP contribution is -2.59. The lowest BCUT2D eigenvalue weighted by atomic mass is 9.91. The molecule has 17 heavy (non-hydrogen) atoms. The van der Waals surface area contributed by atoms with Crippen LogP contribution in [0, 0.1) is 0 Å². The van der Waals surface area contributed by atoms with E-state index in [1.54, 1.807) is 31.2 Å². The molecule has 1 unspecified atom stereocenters. The highest BCUT2D eigenvalue weighted by molar-refractivity contribution is 7.81. The number of aliphatic hydroxyl groups is 3. The third-order valence-electron chi connectivity index (χ3n) is 3.11. The number of hydrogen-bond donors (Lipinski definition) is 4. The number of aliphatic hydroxyl groups excluding tert-OH is 3. The summed E-state index contributed by atoms with van der Waals surface area (Å²) in [6.45, 7) is 1.63. The Morgan fingerprint density at radius 3 is 2.29 bits per heavy atom. The van der Waals surface area contributed by atoms with Crippen LogP contribution in [0.4, 0.5) is 0 Å². The van der Waals surface area contributed by atoms with E-state index >= 15 is 0 Å². The molecule has 2 rings (SSSR count). The molecule has 5 heteroatoms. The molecule has 0 radical (unpaired) electrons. The molecule has 1 aliphatic rings. The summed E-state index contributed by atoms with van der Waals surface area (Å²) in [6.07, 6.45) is -4.30. The zero-order valence-electron chi connectivity index (χ0n) is 9.39. The normalized spacial score (nSPS) is 42.4. The monoisotopic (exact) mass is 256 g/mol. The van der Waals surface area contributed by atoms with E-state index in [0.717, 1.165) is 0 Å². The molecular weight excluding hydrogens is 240 g/mol. The van der Waals surface area contributed by atoms with Crippen LogP contribution in [0.3, 0.4) is 0 Å². The highest BCUT2D eigenvalue weighted by Gasteiger charge is 2.51. The van der Waals surface area contributed by atoms with Crippen LogP contribution in [-0.2, 0) is 9.67 Å². The van der Waals surface area contributed by atoms with Gasteiger partial charge in [0.05, 0.1) is 6.10 Å². The first kappa shape index (κ1) is 12.9. The van der Waals surface area contributed by atoms with Crippen molar-refractivity contribution in [3.63, 3.8) is 0 Å². The molecule has 1 fully saturated rings. The SMILES string of the molecule is C[C@@H]1OC(S)(c2ccccc2)[C@@H](O)[C@H](O)[C@@H]1O. The number of ether oxygens (including phenoxy) is 1. The van der Waals surface area contributed by atoms with Crippen LogP contribution in [0.1, 0.15) is 12.5 Å². The van der Waals surface area contributed by atoms with Crippen LogP contribution in [0.15, 0.2) is 30.3 Å². The standard InChI is InChI=1S/C12H16O4S/c1-7-9(13)10(14)11(15)12(17,16-7)8-5-3-2-4-6-8/h2-7,9-11,13-15,17H,1H3/t7-,9+,10+,11-,12?/m0/s1. The lowest BCUT2D eigenvalue weighted by molar-refractivity contribution is -0.233. The third kappa shape index (κ3) is 2.09. The van der Waals surface area contributed by atoms with Crippen molar-refractivity contribution in [1.29, 1.82) is 0 Å². The smallest absolute Gasteiger partial charge is 0.165 e. The average molecular weight is 256 g/mol. The van der Waals surface area contributed by atoms with E-state index in [1.165, 1.54) is 0 Å². The summed E-state index contributed by atoms with van der Waals surface area (Å²) >= 11 is 4.35. The van der Waals surface area contributed by atoms with Crippen LogP contribution in [0.2, 0.25) is 0 Å². The molecule has 1 aromatic rings. The van der Waals surface area contributed by atoms with Crippen molar-refractivity contribution in [2.24, 2.45) is 0 Å². The Balaban J connectivity index is 2.37. The van der Waals surface area contributed by atoms with Gasteiger partial charge in [0.25, 0.3) is 0 Å². The van der Waals surface area contributed by atoms with Gasteiger partial charge in [0.1, 0.15) is 18.3 Å². The summed E-state index contributed by atoms with van der Waals surface area (Å²) < 4.78 is 5.56. The molecule has 1 aromatic carbocycles. The first-order valence-electron chi connectivity index (χ1n) is 5.46. The Bertz CT molecular complexity index is 385. The summed E-state index contributed by atoms with van der Waals surface area (Å²) in [5.74, 6) is 0. The van der Waals surface area contributed by atoms with E-state index in [9.17, 15) is 15.3 Å². The van der Waals surface area contributed by atoms with Crippen molar-refractivity contribution in [2.75, 3.05) is 0 Å². The minimum absolute atomic E-state index is 0.605. The van der Waals surface area contributed by atoms with Gasteiger partial charge in [-0.15, -0.1) is 12.6 Å². The fraction of sp³-hybridized carbons (Fsp3) is 0.500. The van der Waals surface area contributed by atoms with Gasteiger partial charge in [-0.2, -0.15) is 0 Å². The van der Waals surface area contributed by atoms with Gasteiger partial charge in [0.15, 0.2) is 4.93 Å². The molecule has 94 valence electrons. The Kier molecular flexibility index (Phi) is 3.47. The second-order valence-corrected chi connectivity index (χ2v) is 4.98. The molecule has 0 aromatic heterocycles. The summed E-state index contributed by atoms with van der Waals surface area (Å²) in [5, 5.41) is 29.4. The number of rotatable bonds is 1. The van der Waals surface area contributed by atoms with Crippen molar-refractivity contribution in [1.82, 2.24) is 0 Å². The molecule has 0 spiro atoms. The van der Waals surface area contributed by atoms with Gasteiger partial charge in [-0.05, 0) is 12.5 Å². The van der Waals surface area contributed by atoms with Crippen LogP contribution in [-0.4, -0.2) is 39.7 Å². The van der Waals surface area contributed by atoms with Crippen LogP contribution >= 0.6 is 12.6 Å². The highest BCUT2D eigenvalue weighted by atomic mass is 32.1. The van der Waals surface area contributed by atoms with E-state index in [0.29, 0.717) is 5.56 Å². The van der Waals surface area contributed by atoms with Crippen molar-refractivity contribution < 1.29 is 20.1 Å². The molecule has 5 atom stereocenters. The van der Waals surface area contributed by atoms with Crippen molar-refractivity contribution >= 4 is 12.6 Å². The average Bonchev–Trinajstić information content (AvgIpc) is 2.35. The largest absolute Gasteiger partial charge is 0.388 e. The Hall–Kier alpha value is -0.590. The third-order valence-corrected chi connectivity index (χ3v) is 3.74. The van der Waals surface area contributed by atoms with Gasteiger partial charge >= 0.3 is 0 Å². The Morgan fingerprint density at radius 1 is 1.12 bits per heavy atom. The first-order chi connectivity index (χ1) is 7.97. The maximum absolute atomic E-state index is 10.0. The maximum Gasteiger partial charge on any atom is 0.165 e. The van der Waals surface area contributed by atoms with Crippen molar-refractivity contribution in [3.8, 4) is 0 Å². The van der Waals surface area contributed by atoms with Crippen molar-refractivity contribution in [2.45, 2.75) is 36.3 Å². The number of hydrogen-bond acceptors (Lipinski definition) is 5. The fourth-order valence-electron chi connectivity index (χ4n) is 2.03. The first-order valence-corrected chi connectivity index (χ1v) is 5.91. The van der Waals surface area contributed by atoms with Gasteiger partial charge in [0.2, 0.25) is 0 Å². The summed E-state index contributed by atoms with van der Waals surface area (Å²) in [6, 6.07) is 8.95. The molecular formula is C12H16O4S. The van der Waals surface area contributed by atoms with E-state index in [4.69, 9.17) is 4.74 Å². The Labute approximate surface area is 105 Å². The zero-order chi connectivity index (χ0) is 12.6. The van der Waals surface area contributed by atoms with E-state index in [-0.39, 0.29) is 0 Å². The van der Waals surface area contributed by atoms with E-state index < -0.39 is 29.3 Å². The zero-order valence-corrected chi connectivity index (χ0v) is 10.3. The molecule has 1 saturated heterocycles. The minimum atomic E-state index is -1.31. The summed E-state index contributed by atoms with van der Waals surface area (Å²) in [5.41, 5.74) is 0.647. The maximum atomic E-state index is 10.0. The molecule has 1 heterocycles. The number of thiol groups is 1. The lowest BCUT2D eigenvalue weighted by Gasteiger charge is -2.45. The predicted octanol–water partition coefficient (Wildman–Crippen LogP) is 0.271. The molecule has 0 saturated carbocycles. The van der Waals surface area contributed by atoms with Gasteiger partial charge in [0, 0.05) is 0 Å². The second kappa shape index (κ2) is 4.59. The quantitative estimate of drug-likeness (QED) is 0.544. The predicted molar refractivity (Wildman–Crippen MR) is 65.7 cm³/mol. The number of benzene rings is 1. The van der Waals surface area contributed by atoms with Crippen molar-refractivity contribution in [3.05, 3.63) is 35.9 Å². The second-order valence-electron chi connectivity index (χ2n) is 4.31. The van der Waals surface area contributed by atoms with Gasteiger partial charge < -0.3 is 20.1 Å². The molecule has 4 nitrogen and oxygen atoms in total. The van der Waals surface area contributed by atoms with E-state index in [2.05, 4.69) is 12.6 Å². The topological polar surface area (TPSA) is 69.9 Å². The molecule has 0 bridgehead atoms. The molecule has 3 N–H and O–H groups in total. The van der Waals surface area contributed by atoms with E-state index in [1.807, 2.05) is 6.07 Å². The summed E-state index contributed by atoms with van der Waals surface area (Å²) in [4.78, 5) is -1.31. The molecule has 0 aliphatic carbocycles. The van der Waals surface area contributed by atoms with Gasteiger partial charge in [-0.3, -0.25) is 0 Å². The van der Waals surface area contributed by atoms with Crippen LogP contribution in [0.25, 0.3) is 0 Å². The van der Waals surface area contributed by atoms with Gasteiger partial charge in [-0.1, -0.05) is 30.3 Å². The van der Waals surface area contributed by atoms with Gasteiger partial charge in [-0.25, -0.2) is 0 Å². The fourth-order valence-corrected chi connectivity index (χ4v) is 2.50. The molecule has 0 amide bonds. The highest BCUT2D eigenvalue weighted by Crippen LogP contribution is 2.41. The Morgan fingerprint density at radius 2 is 1.71 bits per heavy atom. The van der Waals surface area contributed by atoms with Crippen LogP contribution in [0.5, 0.6) is 0 Å². The summed E-state index contributed by atoms with van der Waals surface area (Å²) in [7, 11) is 0. The minimum Gasteiger partial charge on any atom is -0.388 e. The van der Waals surface area contributed by atoms with Crippen LogP contribution < -0.4 is 0 Å². The molecule has 1 aliphatic heterocycles.